The minimum atomic E-state index is -2.53. The lowest BCUT2D eigenvalue weighted by atomic mass is 10.1. The number of aliphatic carboxylic acids is 1. The third-order valence-electron chi connectivity index (χ3n) is 2.44. The van der Waals surface area contributed by atoms with Crippen molar-refractivity contribution >= 4 is 11.7 Å². The van der Waals surface area contributed by atoms with E-state index in [1.54, 1.807) is 6.07 Å². The van der Waals surface area contributed by atoms with Crippen LogP contribution in [0.4, 0.5) is 14.5 Å². The number of anilines is 1. The van der Waals surface area contributed by atoms with Crippen LogP contribution in [0, 0.1) is 0 Å². The molecule has 15 heavy (non-hydrogen) atoms. The molecule has 1 aliphatic rings. The summed E-state index contributed by atoms with van der Waals surface area (Å²) in [5, 5.41) is 11.4. The third-order valence-corrected chi connectivity index (χ3v) is 2.44. The average molecular weight is 213 g/mol. The summed E-state index contributed by atoms with van der Waals surface area (Å²) in [6.07, 6.45) is -2.19. The highest BCUT2D eigenvalue weighted by atomic mass is 19.3. The quantitative estimate of drug-likeness (QED) is 0.790. The average Bonchev–Trinajstić information content (AvgIpc) is 2.59. The Morgan fingerprint density at radius 2 is 2.27 bits per heavy atom. The molecule has 5 heteroatoms. The SMILES string of the molecule is O=C(O)[C@@H]1Cc2ccc(C(F)F)cc2N1. The van der Waals surface area contributed by atoms with Crippen LogP contribution in [-0.4, -0.2) is 17.1 Å². The number of rotatable bonds is 2. The Morgan fingerprint density at radius 1 is 1.53 bits per heavy atom. The van der Waals surface area contributed by atoms with Gasteiger partial charge in [0.05, 0.1) is 0 Å². The van der Waals surface area contributed by atoms with Crippen LogP contribution in [0.3, 0.4) is 0 Å². The molecule has 1 aromatic carbocycles. The number of hydrogen-bond acceptors (Lipinski definition) is 2. The number of hydrogen-bond donors (Lipinski definition) is 2. The van der Waals surface area contributed by atoms with Crippen LogP contribution >= 0.6 is 0 Å². The number of alkyl halides is 2. The van der Waals surface area contributed by atoms with Gasteiger partial charge in [0.1, 0.15) is 6.04 Å². The Morgan fingerprint density at radius 3 is 2.87 bits per heavy atom. The van der Waals surface area contributed by atoms with Crippen LogP contribution in [0.2, 0.25) is 0 Å². The van der Waals surface area contributed by atoms with Gasteiger partial charge in [-0.2, -0.15) is 0 Å². The predicted molar refractivity (Wildman–Crippen MR) is 50.1 cm³/mol. The van der Waals surface area contributed by atoms with Crippen molar-refractivity contribution in [1.29, 1.82) is 0 Å². The van der Waals surface area contributed by atoms with Crippen molar-refractivity contribution in [3.8, 4) is 0 Å². The lowest BCUT2D eigenvalue weighted by Gasteiger charge is -2.05. The molecule has 0 bridgehead atoms. The molecular weight excluding hydrogens is 204 g/mol. The number of fused-ring (bicyclic) bond motifs is 1. The van der Waals surface area contributed by atoms with Crippen LogP contribution in [0.25, 0.3) is 0 Å². The first-order valence-corrected chi connectivity index (χ1v) is 4.48. The van der Waals surface area contributed by atoms with Gasteiger partial charge in [-0.3, -0.25) is 0 Å². The molecule has 0 aliphatic carbocycles. The normalized spacial score (nSPS) is 18.7. The third kappa shape index (κ3) is 1.77. The predicted octanol–water partition coefficient (Wildman–Crippen LogP) is 2.05. The second-order valence-electron chi connectivity index (χ2n) is 3.46. The summed E-state index contributed by atoms with van der Waals surface area (Å²) in [4.78, 5) is 10.7. The summed E-state index contributed by atoms with van der Waals surface area (Å²) < 4.78 is 24.7. The van der Waals surface area contributed by atoms with Crippen molar-refractivity contribution in [3.63, 3.8) is 0 Å². The fraction of sp³-hybridized carbons (Fsp3) is 0.300. The summed E-state index contributed by atoms with van der Waals surface area (Å²) in [5.74, 6) is -0.968. The van der Waals surface area contributed by atoms with Crippen LogP contribution in [0.5, 0.6) is 0 Å². The monoisotopic (exact) mass is 213 g/mol. The Bertz CT molecular complexity index is 406. The van der Waals surface area contributed by atoms with Crippen LogP contribution in [0.1, 0.15) is 17.6 Å². The molecule has 0 aromatic heterocycles. The van der Waals surface area contributed by atoms with E-state index < -0.39 is 18.4 Å². The molecular formula is C10H9F2NO2. The molecule has 0 saturated heterocycles. The standard InChI is InChI=1S/C10H9F2NO2/c11-9(12)6-2-1-5-3-8(10(14)15)13-7(5)4-6/h1-2,4,8-9,13H,3H2,(H,14,15)/t8-/m0/s1. The smallest absolute Gasteiger partial charge is 0.326 e. The van der Waals surface area contributed by atoms with E-state index >= 15 is 0 Å². The van der Waals surface area contributed by atoms with Gasteiger partial charge < -0.3 is 10.4 Å². The van der Waals surface area contributed by atoms with E-state index in [0.717, 1.165) is 5.56 Å². The number of halogens is 2. The van der Waals surface area contributed by atoms with Gasteiger partial charge >= 0.3 is 5.97 Å². The van der Waals surface area contributed by atoms with Crippen molar-refractivity contribution in [2.45, 2.75) is 18.9 Å². The number of nitrogens with one attached hydrogen (secondary N) is 1. The molecule has 0 spiro atoms. The summed E-state index contributed by atoms with van der Waals surface area (Å²) >= 11 is 0. The molecule has 80 valence electrons. The van der Waals surface area contributed by atoms with Crippen LogP contribution < -0.4 is 5.32 Å². The van der Waals surface area contributed by atoms with Crippen molar-refractivity contribution in [3.05, 3.63) is 29.3 Å². The second-order valence-corrected chi connectivity index (χ2v) is 3.46. The van der Waals surface area contributed by atoms with E-state index in [-0.39, 0.29) is 5.56 Å². The second kappa shape index (κ2) is 3.49. The van der Waals surface area contributed by atoms with Crippen molar-refractivity contribution in [1.82, 2.24) is 0 Å². The molecule has 1 aromatic rings. The molecule has 1 heterocycles. The van der Waals surface area contributed by atoms with Crippen molar-refractivity contribution in [2.75, 3.05) is 5.32 Å². The largest absolute Gasteiger partial charge is 0.480 e. The number of carboxylic acid groups (broad SMARTS) is 1. The molecule has 3 nitrogen and oxygen atoms in total. The maximum atomic E-state index is 12.3. The Kier molecular flexibility index (Phi) is 2.30. The highest BCUT2D eigenvalue weighted by molar-refractivity contribution is 5.81. The molecule has 0 radical (unpaired) electrons. The summed E-state index contributed by atoms with van der Waals surface area (Å²) in [7, 11) is 0. The first-order valence-electron chi connectivity index (χ1n) is 4.48. The Balaban J connectivity index is 2.27. The summed E-state index contributed by atoms with van der Waals surface area (Å²) in [6.45, 7) is 0. The van der Waals surface area contributed by atoms with Gasteiger partial charge in [0.15, 0.2) is 0 Å². The molecule has 1 aliphatic heterocycles. The van der Waals surface area contributed by atoms with Crippen LogP contribution in [0.15, 0.2) is 18.2 Å². The number of carboxylic acids is 1. The molecule has 1 atom stereocenters. The minimum absolute atomic E-state index is 0.0905. The molecule has 0 fully saturated rings. The zero-order valence-corrected chi connectivity index (χ0v) is 7.71. The van der Waals surface area contributed by atoms with Gasteiger partial charge in [-0.1, -0.05) is 12.1 Å². The Hall–Kier alpha value is -1.65. The fourth-order valence-corrected chi connectivity index (χ4v) is 1.65. The number of carbonyl (C=O) groups is 1. The Labute approximate surface area is 84.7 Å². The first-order chi connectivity index (χ1) is 7.08. The van der Waals surface area contributed by atoms with Gasteiger partial charge in [-0.05, 0) is 11.6 Å². The topological polar surface area (TPSA) is 49.3 Å². The summed E-state index contributed by atoms with van der Waals surface area (Å²) in [6, 6.07) is 3.48. The van der Waals surface area contributed by atoms with E-state index in [1.165, 1.54) is 12.1 Å². The van der Waals surface area contributed by atoms with Gasteiger partial charge in [0.2, 0.25) is 0 Å². The van der Waals surface area contributed by atoms with E-state index in [0.29, 0.717) is 12.1 Å². The molecule has 2 rings (SSSR count). The fourth-order valence-electron chi connectivity index (χ4n) is 1.65. The maximum absolute atomic E-state index is 12.3. The lowest BCUT2D eigenvalue weighted by molar-refractivity contribution is -0.137. The summed E-state index contributed by atoms with van der Waals surface area (Å²) in [5.41, 5.74) is 1.18. The van der Waals surface area contributed by atoms with E-state index in [1.807, 2.05) is 0 Å². The van der Waals surface area contributed by atoms with Crippen molar-refractivity contribution < 1.29 is 18.7 Å². The van der Waals surface area contributed by atoms with Crippen LogP contribution in [-0.2, 0) is 11.2 Å². The first kappa shape index (κ1) is 9.89. The van der Waals surface area contributed by atoms with E-state index in [2.05, 4.69) is 5.32 Å². The highest BCUT2D eigenvalue weighted by Crippen LogP contribution is 2.30. The van der Waals surface area contributed by atoms with Gasteiger partial charge in [-0.15, -0.1) is 0 Å². The highest BCUT2D eigenvalue weighted by Gasteiger charge is 2.26. The van der Waals surface area contributed by atoms with Crippen molar-refractivity contribution in [2.24, 2.45) is 0 Å². The molecule has 0 unspecified atom stereocenters. The van der Waals surface area contributed by atoms with E-state index in [9.17, 15) is 13.6 Å². The minimum Gasteiger partial charge on any atom is -0.480 e. The molecule has 0 amide bonds. The number of benzene rings is 1. The molecule has 0 saturated carbocycles. The molecule has 2 N–H and O–H groups in total. The lowest BCUT2D eigenvalue weighted by Crippen LogP contribution is -2.26. The zero-order valence-electron chi connectivity index (χ0n) is 7.71. The van der Waals surface area contributed by atoms with Gasteiger partial charge in [0, 0.05) is 17.7 Å². The van der Waals surface area contributed by atoms with E-state index in [4.69, 9.17) is 5.11 Å². The maximum Gasteiger partial charge on any atom is 0.326 e. The van der Waals surface area contributed by atoms with Gasteiger partial charge in [0.25, 0.3) is 6.43 Å². The zero-order chi connectivity index (χ0) is 11.0. The van der Waals surface area contributed by atoms with Gasteiger partial charge in [-0.25, -0.2) is 13.6 Å².